The molecule has 0 aliphatic rings. The molecule has 0 radical (unpaired) electrons. The molecule has 32 heavy (non-hydrogen) atoms. The maximum atomic E-state index is 12.8. The van der Waals surface area contributed by atoms with Crippen molar-refractivity contribution in [2.24, 2.45) is 17.4 Å². The number of rotatable bonds is 16. The topological polar surface area (TPSA) is 214 Å². The molecule has 184 valence electrons. The first-order valence-corrected chi connectivity index (χ1v) is 11.0. The van der Waals surface area contributed by atoms with Crippen molar-refractivity contribution in [1.82, 2.24) is 16.0 Å². The second-order valence-electron chi connectivity index (χ2n) is 7.70. The van der Waals surface area contributed by atoms with E-state index in [1.54, 1.807) is 13.8 Å². The summed E-state index contributed by atoms with van der Waals surface area (Å²) >= 11 is 3.90. The van der Waals surface area contributed by atoms with Crippen molar-refractivity contribution < 1.29 is 34.2 Å². The molecule has 3 amide bonds. The van der Waals surface area contributed by atoms with Crippen LogP contribution in [0.25, 0.3) is 0 Å². The molecule has 0 saturated heterocycles. The van der Waals surface area contributed by atoms with Gasteiger partial charge in [0.25, 0.3) is 0 Å². The summed E-state index contributed by atoms with van der Waals surface area (Å²) in [6, 6.07) is -4.43. The van der Waals surface area contributed by atoms with Crippen molar-refractivity contribution in [3.8, 4) is 0 Å². The van der Waals surface area contributed by atoms with Gasteiger partial charge in [0.1, 0.15) is 18.1 Å². The van der Waals surface area contributed by atoms with Crippen molar-refractivity contribution in [3.05, 3.63) is 0 Å². The first-order valence-electron chi connectivity index (χ1n) is 10.4. The van der Waals surface area contributed by atoms with Gasteiger partial charge in [-0.25, -0.2) is 4.79 Å². The summed E-state index contributed by atoms with van der Waals surface area (Å²) in [5.41, 5.74) is 11.2. The molecule has 12 nitrogen and oxygen atoms in total. The Morgan fingerprint density at radius 3 is 1.94 bits per heavy atom. The molecule has 0 aromatic heterocycles. The highest BCUT2D eigenvalue weighted by Crippen LogP contribution is 2.07. The fourth-order valence-electron chi connectivity index (χ4n) is 2.69. The van der Waals surface area contributed by atoms with Gasteiger partial charge < -0.3 is 37.6 Å². The minimum absolute atomic E-state index is 0.0992. The van der Waals surface area contributed by atoms with Crippen LogP contribution in [0.2, 0.25) is 0 Å². The standard InChI is InChI=1S/C19H35N5O7S/c1-10(2)15(24-16(27)11(21)6-7-14(25)26)18(29)22-12(5-3-4-8-20)17(28)23-13(9-32)19(30)31/h10-13,15,32H,3-9,20-21H2,1-2H3,(H,22,29)(H,23,28)(H,24,27)(H,25,26)(H,30,31). The zero-order valence-electron chi connectivity index (χ0n) is 18.4. The minimum atomic E-state index is -1.26. The molecule has 0 bridgehead atoms. The zero-order chi connectivity index (χ0) is 24.8. The predicted molar refractivity (Wildman–Crippen MR) is 120 cm³/mol. The SMILES string of the molecule is CC(C)C(NC(=O)C(N)CCC(=O)O)C(=O)NC(CCCCN)C(=O)NC(CS)C(=O)O. The van der Waals surface area contributed by atoms with Crippen LogP contribution in [0.5, 0.6) is 0 Å². The molecule has 0 aliphatic heterocycles. The van der Waals surface area contributed by atoms with Crippen LogP contribution in [-0.4, -0.2) is 76.3 Å². The first kappa shape index (κ1) is 29.6. The number of carboxylic acid groups (broad SMARTS) is 2. The van der Waals surface area contributed by atoms with Gasteiger partial charge in [0, 0.05) is 12.2 Å². The van der Waals surface area contributed by atoms with Crippen LogP contribution in [-0.2, 0) is 24.0 Å². The highest BCUT2D eigenvalue weighted by molar-refractivity contribution is 7.80. The third kappa shape index (κ3) is 11.3. The zero-order valence-corrected chi connectivity index (χ0v) is 19.3. The number of aliphatic carboxylic acids is 2. The second kappa shape index (κ2) is 15.4. The van der Waals surface area contributed by atoms with E-state index >= 15 is 0 Å². The molecule has 0 aliphatic carbocycles. The van der Waals surface area contributed by atoms with Crippen molar-refractivity contribution in [2.45, 2.75) is 70.1 Å². The van der Waals surface area contributed by atoms with E-state index in [1.807, 2.05) is 0 Å². The largest absolute Gasteiger partial charge is 0.481 e. The number of amides is 3. The molecule has 0 spiro atoms. The number of hydrogen-bond acceptors (Lipinski definition) is 8. The summed E-state index contributed by atoms with van der Waals surface area (Å²) in [7, 11) is 0. The molecule has 4 unspecified atom stereocenters. The van der Waals surface area contributed by atoms with Gasteiger partial charge in [-0.3, -0.25) is 19.2 Å². The maximum absolute atomic E-state index is 12.8. The van der Waals surface area contributed by atoms with Crippen LogP contribution in [0.15, 0.2) is 0 Å². The van der Waals surface area contributed by atoms with Gasteiger partial charge in [-0.15, -0.1) is 0 Å². The van der Waals surface area contributed by atoms with Crippen molar-refractivity contribution >= 4 is 42.3 Å². The molecule has 9 N–H and O–H groups in total. The lowest BCUT2D eigenvalue weighted by Crippen LogP contribution is -2.58. The Balaban J connectivity index is 5.30. The average molecular weight is 478 g/mol. The Bertz CT molecular complexity index is 662. The Hall–Kier alpha value is -2.38. The molecule has 13 heteroatoms. The molecule has 4 atom stereocenters. The number of carbonyl (C=O) groups is 5. The van der Waals surface area contributed by atoms with E-state index in [9.17, 15) is 24.0 Å². The quantitative estimate of drug-likeness (QED) is 0.0950. The lowest BCUT2D eigenvalue weighted by atomic mass is 10.0. The summed E-state index contributed by atoms with van der Waals surface area (Å²) in [5, 5.41) is 25.2. The maximum Gasteiger partial charge on any atom is 0.327 e. The number of nitrogens with two attached hydrogens (primary N) is 2. The fraction of sp³-hybridized carbons (Fsp3) is 0.737. The van der Waals surface area contributed by atoms with Gasteiger partial charge in [0.15, 0.2) is 0 Å². The van der Waals surface area contributed by atoms with Crippen LogP contribution in [0.4, 0.5) is 0 Å². The third-order valence-electron chi connectivity index (χ3n) is 4.63. The lowest BCUT2D eigenvalue weighted by Gasteiger charge is -2.27. The third-order valence-corrected chi connectivity index (χ3v) is 5.00. The summed E-state index contributed by atoms with van der Waals surface area (Å²) < 4.78 is 0. The van der Waals surface area contributed by atoms with Crippen LogP contribution >= 0.6 is 12.6 Å². The molecule has 0 rings (SSSR count). The highest BCUT2D eigenvalue weighted by Gasteiger charge is 2.31. The Kier molecular flexibility index (Phi) is 14.3. The van der Waals surface area contributed by atoms with Gasteiger partial charge in [-0.2, -0.15) is 12.6 Å². The molecule has 0 heterocycles. The second-order valence-corrected chi connectivity index (χ2v) is 8.06. The summed E-state index contributed by atoms with van der Waals surface area (Å²) in [6.07, 6.45) is 0.915. The normalized spacial score (nSPS) is 14.7. The summed E-state index contributed by atoms with van der Waals surface area (Å²) in [4.78, 5) is 59.6. The molecular weight excluding hydrogens is 442 g/mol. The minimum Gasteiger partial charge on any atom is -0.481 e. The number of hydrogen-bond donors (Lipinski definition) is 8. The van der Waals surface area contributed by atoms with E-state index in [4.69, 9.17) is 21.7 Å². The van der Waals surface area contributed by atoms with Gasteiger partial charge in [0.05, 0.1) is 6.04 Å². The lowest BCUT2D eigenvalue weighted by molar-refractivity contribution is -0.142. The van der Waals surface area contributed by atoms with E-state index in [0.29, 0.717) is 19.4 Å². The molecule has 0 aromatic carbocycles. The van der Waals surface area contributed by atoms with Crippen molar-refractivity contribution in [3.63, 3.8) is 0 Å². The smallest absolute Gasteiger partial charge is 0.327 e. The van der Waals surface area contributed by atoms with Crippen molar-refractivity contribution in [2.75, 3.05) is 12.3 Å². The Labute approximate surface area is 192 Å². The van der Waals surface area contributed by atoms with Crippen LogP contribution < -0.4 is 27.4 Å². The van der Waals surface area contributed by atoms with Gasteiger partial charge >= 0.3 is 11.9 Å². The molecular formula is C19H35N5O7S. The van der Waals surface area contributed by atoms with Crippen LogP contribution in [0, 0.1) is 5.92 Å². The van der Waals surface area contributed by atoms with E-state index in [0.717, 1.165) is 0 Å². The van der Waals surface area contributed by atoms with Crippen LogP contribution in [0.1, 0.15) is 46.0 Å². The van der Waals surface area contributed by atoms with Gasteiger partial charge in [-0.05, 0) is 38.1 Å². The van der Waals surface area contributed by atoms with Crippen LogP contribution in [0.3, 0.4) is 0 Å². The number of carbonyl (C=O) groups excluding carboxylic acids is 3. The van der Waals surface area contributed by atoms with E-state index in [1.165, 1.54) is 0 Å². The fourth-order valence-corrected chi connectivity index (χ4v) is 2.93. The Morgan fingerprint density at radius 2 is 1.47 bits per heavy atom. The monoisotopic (exact) mass is 477 g/mol. The van der Waals surface area contributed by atoms with E-state index in [-0.39, 0.29) is 30.9 Å². The highest BCUT2D eigenvalue weighted by atomic mass is 32.1. The van der Waals surface area contributed by atoms with Crippen molar-refractivity contribution in [1.29, 1.82) is 0 Å². The summed E-state index contributed by atoms with van der Waals surface area (Å²) in [5.74, 6) is -4.90. The number of thiol groups is 1. The number of unbranched alkanes of at least 4 members (excludes halogenated alkanes) is 1. The first-order chi connectivity index (χ1) is 14.9. The van der Waals surface area contributed by atoms with Gasteiger partial charge in [0.2, 0.25) is 17.7 Å². The number of nitrogens with one attached hydrogen (secondary N) is 3. The number of carboxylic acids is 2. The van der Waals surface area contributed by atoms with E-state index < -0.39 is 53.8 Å². The molecule has 0 aromatic rings. The Morgan fingerprint density at radius 1 is 0.875 bits per heavy atom. The van der Waals surface area contributed by atoms with Gasteiger partial charge in [-0.1, -0.05) is 13.8 Å². The summed E-state index contributed by atoms with van der Waals surface area (Å²) in [6.45, 7) is 3.74. The molecule has 0 saturated carbocycles. The average Bonchev–Trinajstić information content (AvgIpc) is 2.72. The van der Waals surface area contributed by atoms with E-state index in [2.05, 4.69) is 28.6 Å². The predicted octanol–water partition coefficient (Wildman–Crippen LogP) is -1.57. The molecule has 0 fully saturated rings.